The van der Waals surface area contributed by atoms with Crippen molar-refractivity contribution >= 4 is 5.82 Å². The van der Waals surface area contributed by atoms with E-state index in [0.717, 1.165) is 31.2 Å². The number of ether oxygens (including phenoxy) is 1. The Hall–Kier alpha value is -2.07. The summed E-state index contributed by atoms with van der Waals surface area (Å²) >= 11 is 0. The van der Waals surface area contributed by atoms with Crippen molar-refractivity contribution in [3.63, 3.8) is 0 Å². The topological polar surface area (TPSA) is 37.4 Å². The fourth-order valence-corrected chi connectivity index (χ4v) is 2.93. The van der Waals surface area contributed by atoms with Crippen molar-refractivity contribution in [2.45, 2.75) is 13.0 Å². The molecule has 0 spiro atoms. The molecule has 0 aliphatic carbocycles. The Balaban J connectivity index is 1.45. The van der Waals surface area contributed by atoms with E-state index in [0.29, 0.717) is 5.92 Å². The second kappa shape index (κ2) is 7.27. The second-order valence-electron chi connectivity index (χ2n) is 5.83. The van der Waals surface area contributed by atoms with Gasteiger partial charge in [-0.25, -0.2) is 4.98 Å². The van der Waals surface area contributed by atoms with Crippen LogP contribution in [0.3, 0.4) is 0 Å². The molecule has 1 fully saturated rings. The van der Waals surface area contributed by atoms with Gasteiger partial charge in [0.2, 0.25) is 0 Å². The summed E-state index contributed by atoms with van der Waals surface area (Å²) in [6.07, 6.45) is 3.07. The minimum absolute atomic E-state index is 0.695. The van der Waals surface area contributed by atoms with Crippen molar-refractivity contribution in [2.75, 3.05) is 32.1 Å². The third-order valence-electron chi connectivity index (χ3n) is 4.17. The summed E-state index contributed by atoms with van der Waals surface area (Å²) in [6, 6.07) is 14.3. The highest BCUT2D eigenvalue weighted by Gasteiger charge is 2.22. The zero-order valence-corrected chi connectivity index (χ0v) is 13.0. The van der Waals surface area contributed by atoms with E-state index < -0.39 is 0 Å². The molecule has 1 aromatic heterocycles. The average Bonchev–Trinajstić information content (AvgIpc) is 3.02. The summed E-state index contributed by atoms with van der Waals surface area (Å²) in [5, 5.41) is 3.43. The van der Waals surface area contributed by atoms with Gasteiger partial charge in [0.15, 0.2) is 0 Å². The number of benzene rings is 1. The van der Waals surface area contributed by atoms with Gasteiger partial charge in [-0.15, -0.1) is 0 Å². The van der Waals surface area contributed by atoms with Crippen LogP contribution in [0, 0.1) is 5.92 Å². The van der Waals surface area contributed by atoms with Crippen LogP contribution in [-0.2, 0) is 6.54 Å². The van der Waals surface area contributed by atoms with Gasteiger partial charge in [-0.3, -0.25) is 4.90 Å². The summed E-state index contributed by atoms with van der Waals surface area (Å²) in [5.41, 5.74) is 1.35. The van der Waals surface area contributed by atoms with Gasteiger partial charge in [-0.1, -0.05) is 18.2 Å². The number of pyridine rings is 1. The van der Waals surface area contributed by atoms with E-state index in [-0.39, 0.29) is 0 Å². The SMILES string of the molecule is COc1ccc(CN2CC[C@@H](CNc3ccccn3)C2)cc1. The molecule has 1 saturated heterocycles. The monoisotopic (exact) mass is 297 g/mol. The van der Waals surface area contributed by atoms with Gasteiger partial charge in [0, 0.05) is 25.8 Å². The van der Waals surface area contributed by atoms with Gasteiger partial charge in [0.05, 0.1) is 7.11 Å². The number of methoxy groups -OCH3 is 1. The Morgan fingerprint density at radius 2 is 2.09 bits per heavy atom. The van der Waals surface area contributed by atoms with E-state index in [9.17, 15) is 0 Å². The number of nitrogens with zero attached hydrogens (tertiary/aromatic N) is 2. The smallest absolute Gasteiger partial charge is 0.125 e. The van der Waals surface area contributed by atoms with Gasteiger partial charge in [-0.05, 0) is 48.7 Å². The Morgan fingerprint density at radius 1 is 1.23 bits per heavy atom. The van der Waals surface area contributed by atoms with E-state index in [1.165, 1.54) is 18.5 Å². The minimum Gasteiger partial charge on any atom is -0.497 e. The maximum atomic E-state index is 5.20. The third-order valence-corrected chi connectivity index (χ3v) is 4.17. The molecule has 2 heterocycles. The van der Waals surface area contributed by atoms with E-state index in [1.807, 2.05) is 36.5 Å². The van der Waals surface area contributed by atoms with E-state index >= 15 is 0 Å². The van der Waals surface area contributed by atoms with Crippen molar-refractivity contribution in [3.8, 4) is 5.75 Å². The van der Waals surface area contributed by atoms with Gasteiger partial charge in [0.25, 0.3) is 0 Å². The van der Waals surface area contributed by atoms with Crippen molar-refractivity contribution in [3.05, 3.63) is 54.2 Å². The molecular weight excluding hydrogens is 274 g/mol. The van der Waals surface area contributed by atoms with Crippen molar-refractivity contribution in [1.29, 1.82) is 0 Å². The summed E-state index contributed by atoms with van der Waals surface area (Å²) in [4.78, 5) is 6.83. The summed E-state index contributed by atoms with van der Waals surface area (Å²) in [6.45, 7) is 4.33. The van der Waals surface area contributed by atoms with Crippen LogP contribution in [0.15, 0.2) is 48.7 Å². The highest BCUT2D eigenvalue weighted by atomic mass is 16.5. The largest absolute Gasteiger partial charge is 0.497 e. The normalized spacial score (nSPS) is 18.3. The first-order valence-corrected chi connectivity index (χ1v) is 7.83. The lowest BCUT2D eigenvalue weighted by Gasteiger charge is -2.16. The van der Waals surface area contributed by atoms with Crippen molar-refractivity contribution < 1.29 is 4.74 Å². The zero-order valence-electron chi connectivity index (χ0n) is 13.0. The minimum atomic E-state index is 0.695. The quantitative estimate of drug-likeness (QED) is 0.889. The first kappa shape index (κ1) is 14.9. The predicted octanol–water partition coefficient (Wildman–Crippen LogP) is 3.02. The van der Waals surface area contributed by atoms with Crippen LogP contribution in [0.5, 0.6) is 5.75 Å². The highest BCUT2D eigenvalue weighted by molar-refractivity contribution is 5.33. The maximum absolute atomic E-state index is 5.20. The van der Waals surface area contributed by atoms with Crippen molar-refractivity contribution in [1.82, 2.24) is 9.88 Å². The molecule has 1 aromatic carbocycles. The Labute approximate surface area is 132 Å². The number of rotatable bonds is 6. The summed E-state index contributed by atoms with van der Waals surface area (Å²) < 4.78 is 5.20. The Bertz CT molecular complexity index is 571. The summed E-state index contributed by atoms with van der Waals surface area (Å²) in [5.74, 6) is 2.58. The number of hydrogen-bond acceptors (Lipinski definition) is 4. The maximum Gasteiger partial charge on any atom is 0.125 e. The predicted molar refractivity (Wildman–Crippen MR) is 89.1 cm³/mol. The van der Waals surface area contributed by atoms with Crippen LogP contribution in [0.4, 0.5) is 5.82 Å². The fraction of sp³-hybridized carbons (Fsp3) is 0.389. The number of likely N-dealkylation sites (tertiary alicyclic amines) is 1. The van der Waals surface area contributed by atoms with Gasteiger partial charge >= 0.3 is 0 Å². The molecule has 2 aromatic rings. The van der Waals surface area contributed by atoms with Crippen molar-refractivity contribution in [2.24, 2.45) is 5.92 Å². The van der Waals surface area contributed by atoms with E-state index in [1.54, 1.807) is 7.11 Å². The van der Waals surface area contributed by atoms with E-state index in [4.69, 9.17) is 4.74 Å². The molecule has 116 valence electrons. The Morgan fingerprint density at radius 3 is 2.82 bits per heavy atom. The van der Waals surface area contributed by atoms with Crippen LogP contribution in [0.1, 0.15) is 12.0 Å². The zero-order chi connectivity index (χ0) is 15.2. The van der Waals surface area contributed by atoms with Crippen LogP contribution >= 0.6 is 0 Å². The second-order valence-corrected chi connectivity index (χ2v) is 5.83. The van der Waals surface area contributed by atoms with Gasteiger partial charge < -0.3 is 10.1 Å². The molecule has 1 N–H and O–H groups in total. The molecule has 1 aliphatic heterocycles. The van der Waals surface area contributed by atoms with Gasteiger partial charge in [0.1, 0.15) is 11.6 Å². The molecule has 0 bridgehead atoms. The van der Waals surface area contributed by atoms with Crippen LogP contribution in [0.25, 0.3) is 0 Å². The lowest BCUT2D eigenvalue weighted by atomic mass is 10.1. The number of hydrogen-bond donors (Lipinski definition) is 1. The average molecular weight is 297 g/mol. The lowest BCUT2D eigenvalue weighted by Crippen LogP contribution is -2.22. The lowest BCUT2D eigenvalue weighted by molar-refractivity contribution is 0.318. The van der Waals surface area contributed by atoms with Gasteiger partial charge in [-0.2, -0.15) is 0 Å². The Kier molecular flexibility index (Phi) is 4.91. The third kappa shape index (κ3) is 3.98. The summed E-state index contributed by atoms with van der Waals surface area (Å²) in [7, 11) is 1.70. The van der Waals surface area contributed by atoms with Crippen LogP contribution in [-0.4, -0.2) is 36.6 Å². The fourth-order valence-electron chi connectivity index (χ4n) is 2.93. The molecule has 0 amide bonds. The highest BCUT2D eigenvalue weighted by Crippen LogP contribution is 2.20. The molecule has 4 heteroatoms. The molecule has 3 rings (SSSR count). The van der Waals surface area contributed by atoms with E-state index in [2.05, 4.69) is 27.3 Å². The number of anilines is 1. The van der Waals surface area contributed by atoms with Crippen LogP contribution in [0.2, 0.25) is 0 Å². The standard InChI is InChI=1S/C18H23N3O/c1-22-17-7-5-15(6-8-17)13-21-11-9-16(14-21)12-20-18-4-2-3-10-19-18/h2-8,10,16H,9,11-14H2,1H3,(H,19,20)/t16-/m0/s1. The number of aromatic nitrogens is 1. The molecule has 0 unspecified atom stereocenters. The first-order valence-electron chi connectivity index (χ1n) is 7.83. The molecule has 0 radical (unpaired) electrons. The number of nitrogens with one attached hydrogen (secondary N) is 1. The first-order chi connectivity index (χ1) is 10.8. The molecule has 22 heavy (non-hydrogen) atoms. The molecule has 0 saturated carbocycles. The molecule has 1 aliphatic rings. The molecule has 4 nitrogen and oxygen atoms in total. The molecular formula is C18H23N3O. The molecule has 1 atom stereocenters. The van der Waals surface area contributed by atoms with Crippen LogP contribution < -0.4 is 10.1 Å².